The predicted octanol–water partition coefficient (Wildman–Crippen LogP) is 0.714. The molecule has 15 heavy (non-hydrogen) atoms. The van der Waals surface area contributed by atoms with Crippen molar-refractivity contribution in [3.05, 3.63) is 24.2 Å². The summed E-state index contributed by atoms with van der Waals surface area (Å²) in [5.41, 5.74) is 0. The van der Waals surface area contributed by atoms with Gasteiger partial charge in [-0.15, -0.1) is 11.8 Å². The minimum Gasteiger partial charge on any atom is -0.481 e. The third-order valence-corrected chi connectivity index (χ3v) is 2.42. The highest BCUT2D eigenvalue weighted by atomic mass is 32.2. The Labute approximate surface area is 90.8 Å². The van der Waals surface area contributed by atoms with Crippen LogP contribution in [-0.4, -0.2) is 28.5 Å². The number of aliphatic carboxylic acids is 1. The number of hydrogen-bond donors (Lipinski definition) is 2. The number of furan rings is 1. The van der Waals surface area contributed by atoms with Gasteiger partial charge in [0.15, 0.2) is 0 Å². The van der Waals surface area contributed by atoms with E-state index >= 15 is 0 Å². The second kappa shape index (κ2) is 6.13. The zero-order valence-corrected chi connectivity index (χ0v) is 8.75. The van der Waals surface area contributed by atoms with Crippen LogP contribution in [0.25, 0.3) is 0 Å². The average molecular weight is 229 g/mol. The van der Waals surface area contributed by atoms with Crippen molar-refractivity contribution in [3.8, 4) is 0 Å². The number of carboxylic acid groups (broad SMARTS) is 1. The maximum Gasteiger partial charge on any atom is 0.313 e. The molecule has 0 aliphatic rings. The van der Waals surface area contributed by atoms with Gasteiger partial charge in [0.1, 0.15) is 5.76 Å². The molecule has 1 heterocycles. The van der Waals surface area contributed by atoms with E-state index in [1.807, 2.05) is 0 Å². The Morgan fingerprint density at radius 1 is 1.47 bits per heavy atom. The molecular weight excluding hydrogens is 218 g/mol. The van der Waals surface area contributed by atoms with Gasteiger partial charge < -0.3 is 14.8 Å². The summed E-state index contributed by atoms with van der Waals surface area (Å²) < 4.78 is 5.01. The predicted molar refractivity (Wildman–Crippen MR) is 55.5 cm³/mol. The largest absolute Gasteiger partial charge is 0.481 e. The summed E-state index contributed by atoms with van der Waals surface area (Å²) in [6, 6.07) is 3.49. The number of carboxylic acids is 1. The van der Waals surface area contributed by atoms with Crippen LogP contribution in [0.3, 0.4) is 0 Å². The number of thioether (sulfide) groups is 1. The number of amides is 1. The summed E-state index contributed by atoms with van der Waals surface area (Å²) >= 11 is 1.06. The van der Waals surface area contributed by atoms with Gasteiger partial charge in [0, 0.05) is 0 Å². The van der Waals surface area contributed by atoms with Crippen molar-refractivity contribution in [3.63, 3.8) is 0 Å². The highest BCUT2D eigenvalue weighted by molar-refractivity contribution is 8.00. The molecule has 2 N–H and O–H groups in total. The van der Waals surface area contributed by atoms with Crippen LogP contribution in [0, 0.1) is 0 Å². The van der Waals surface area contributed by atoms with E-state index in [9.17, 15) is 9.59 Å². The molecule has 0 aliphatic heterocycles. The maximum absolute atomic E-state index is 11.2. The number of carbonyl (C=O) groups is 2. The lowest BCUT2D eigenvalue weighted by Crippen LogP contribution is -2.24. The topological polar surface area (TPSA) is 79.5 Å². The number of nitrogens with one attached hydrogen (secondary N) is 1. The summed E-state index contributed by atoms with van der Waals surface area (Å²) in [5.74, 6) is -0.357. The zero-order chi connectivity index (χ0) is 11.1. The Balaban J connectivity index is 2.11. The molecule has 0 spiro atoms. The molecule has 0 unspecified atom stereocenters. The first-order chi connectivity index (χ1) is 7.18. The van der Waals surface area contributed by atoms with Gasteiger partial charge in [-0.1, -0.05) is 0 Å². The quantitative estimate of drug-likeness (QED) is 0.751. The second-order valence-electron chi connectivity index (χ2n) is 2.74. The monoisotopic (exact) mass is 229 g/mol. The van der Waals surface area contributed by atoms with Crippen LogP contribution < -0.4 is 5.32 Å². The smallest absolute Gasteiger partial charge is 0.313 e. The number of hydrogen-bond acceptors (Lipinski definition) is 4. The van der Waals surface area contributed by atoms with Crippen LogP contribution >= 0.6 is 11.8 Å². The van der Waals surface area contributed by atoms with Crippen molar-refractivity contribution in [1.82, 2.24) is 5.32 Å². The van der Waals surface area contributed by atoms with Gasteiger partial charge in [-0.05, 0) is 12.1 Å². The summed E-state index contributed by atoms with van der Waals surface area (Å²) in [6.45, 7) is 0.333. The molecule has 0 aliphatic carbocycles. The fraction of sp³-hybridized carbons (Fsp3) is 0.333. The lowest BCUT2D eigenvalue weighted by Gasteiger charge is -2.01. The molecule has 0 radical (unpaired) electrons. The lowest BCUT2D eigenvalue weighted by atomic mass is 10.4. The van der Waals surface area contributed by atoms with Gasteiger partial charge in [0.25, 0.3) is 0 Å². The average Bonchev–Trinajstić information content (AvgIpc) is 2.66. The zero-order valence-electron chi connectivity index (χ0n) is 7.93. The minimum absolute atomic E-state index is 0.0613. The molecule has 0 saturated heterocycles. The summed E-state index contributed by atoms with van der Waals surface area (Å²) in [7, 11) is 0. The van der Waals surface area contributed by atoms with Crippen molar-refractivity contribution in [2.45, 2.75) is 6.54 Å². The van der Waals surface area contributed by atoms with E-state index in [1.54, 1.807) is 12.1 Å². The lowest BCUT2D eigenvalue weighted by molar-refractivity contribution is -0.133. The van der Waals surface area contributed by atoms with Gasteiger partial charge in [-0.2, -0.15) is 0 Å². The van der Waals surface area contributed by atoms with Gasteiger partial charge >= 0.3 is 5.97 Å². The highest BCUT2D eigenvalue weighted by Gasteiger charge is 2.04. The number of rotatable bonds is 6. The summed E-state index contributed by atoms with van der Waals surface area (Å²) in [6.07, 6.45) is 1.53. The summed E-state index contributed by atoms with van der Waals surface area (Å²) in [5, 5.41) is 11.0. The van der Waals surface area contributed by atoms with E-state index in [2.05, 4.69) is 5.32 Å². The molecule has 1 aromatic rings. The van der Waals surface area contributed by atoms with E-state index in [-0.39, 0.29) is 17.4 Å². The van der Waals surface area contributed by atoms with E-state index < -0.39 is 5.97 Å². The Morgan fingerprint density at radius 2 is 2.27 bits per heavy atom. The van der Waals surface area contributed by atoms with Crippen molar-refractivity contribution in [2.24, 2.45) is 0 Å². The van der Waals surface area contributed by atoms with Crippen molar-refractivity contribution in [1.29, 1.82) is 0 Å². The Morgan fingerprint density at radius 3 is 2.87 bits per heavy atom. The molecule has 0 aromatic carbocycles. The van der Waals surface area contributed by atoms with Crippen molar-refractivity contribution < 1.29 is 19.1 Å². The Hall–Kier alpha value is -1.43. The van der Waals surface area contributed by atoms with E-state index in [0.29, 0.717) is 12.3 Å². The van der Waals surface area contributed by atoms with E-state index in [0.717, 1.165) is 11.8 Å². The molecule has 82 valence electrons. The minimum atomic E-state index is -0.918. The first-order valence-electron chi connectivity index (χ1n) is 4.27. The van der Waals surface area contributed by atoms with Crippen LogP contribution in [0.5, 0.6) is 0 Å². The molecule has 0 bridgehead atoms. The molecule has 1 aromatic heterocycles. The van der Waals surface area contributed by atoms with Crippen LogP contribution in [0.1, 0.15) is 5.76 Å². The van der Waals surface area contributed by atoms with Crippen LogP contribution in [0.4, 0.5) is 0 Å². The molecule has 0 saturated carbocycles. The molecule has 1 amide bonds. The van der Waals surface area contributed by atoms with Crippen LogP contribution in [0.15, 0.2) is 22.8 Å². The maximum atomic E-state index is 11.2. The highest BCUT2D eigenvalue weighted by Crippen LogP contribution is 2.01. The SMILES string of the molecule is O=C(O)CSCC(=O)NCc1ccco1. The van der Waals surface area contributed by atoms with Gasteiger partial charge in [0.2, 0.25) is 5.91 Å². The van der Waals surface area contributed by atoms with E-state index in [1.165, 1.54) is 6.26 Å². The Kier molecular flexibility index (Phi) is 4.76. The molecule has 0 atom stereocenters. The van der Waals surface area contributed by atoms with Crippen molar-refractivity contribution >= 4 is 23.6 Å². The molecule has 5 nitrogen and oxygen atoms in total. The normalized spacial score (nSPS) is 9.87. The van der Waals surface area contributed by atoms with Crippen LogP contribution in [0.2, 0.25) is 0 Å². The Bertz CT molecular complexity index is 323. The molecule has 0 fully saturated rings. The first-order valence-corrected chi connectivity index (χ1v) is 5.42. The second-order valence-corrected chi connectivity index (χ2v) is 3.73. The number of carbonyl (C=O) groups excluding carboxylic acids is 1. The van der Waals surface area contributed by atoms with E-state index in [4.69, 9.17) is 9.52 Å². The van der Waals surface area contributed by atoms with Gasteiger partial charge in [-0.25, -0.2) is 0 Å². The van der Waals surface area contributed by atoms with Crippen LogP contribution in [-0.2, 0) is 16.1 Å². The molecule has 1 rings (SSSR count). The third kappa shape index (κ3) is 5.11. The molecule has 6 heteroatoms. The molecular formula is C9H11NO4S. The summed E-state index contributed by atoms with van der Waals surface area (Å²) in [4.78, 5) is 21.3. The fourth-order valence-electron chi connectivity index (χ4n) is 0.881. The van der Waals surface area contributed by atoms with Gasteiger partial charge in [-0.3, -0.25) is 9.59 Å². The first kappa shape index (κ1) is 11.6. The van der Waals surface area contributed by atoms with Crippen molar-refractivity contribution in [2.75, 3.05) is 11.5 Å². The van der Waals surface area contributed by atoms with Gasteiger partial charge in [0.05, 0.1) is 24.3 Å². The standard InChI is InChI=1S/C9H11NO4S/c11-8(5-15-6-9(12)13)10-4-7-2-1-3-14-7/h1-3H,4-6H2,(H,10,11)(H,12,13). The fourth-order valence-corrected chi connectivity index (χ4v) is 1.45. The third-order valence-electron chi connectivity index (χ3n) is 1.50.